The van der Waals surface area contributed by atoms with Crippen LogP contribution in [0.15, 0.2) is 24.4 Å². The molecule has 0 aliphatic heterocycles. The van der Waals surface area contributed by atoms with E-state index in [1.165, 1.54) is 12.1 Å². The number of halogens is 2. The van der Waals surface area contributed by atoms with Crippen molar-refractivity contribution in [2.24, 2.45) is 5.41 Å². The monoisotopic (exact) mass is 292 g/mol. The molecule has 0 spiro atoms. The summed E-state index contributed by atoms with van der Waals surface area (Å²) in [7, 11) is 0. The van der Waals surface area contributed by atoms with E-state index in [2.05, 4.69) is 5.10 Å². The Balaban J connectivity index is 2.13. The standard InChI is InChI=1S/C15H14ClFN2O/c1-15(2)6-13-10(14(20)7-15)8-18-19(13)9-3-4-11(16)12(17)5-9/h3-5,8H,6-7H2,1-2H3. The lowest BCUT2D eigenvalue weighted by atomic mass is 9.76. The number of hydrogen-bond acceptors (Lipinski definition) is 2. The van der Waals surface area contributed by atoms with Crippen LogP contribution in [0.3, 0.4) is 0 Å². The lowest BCUT2D eigenvalue weighted by Gasteiger charge is -2.28. The molecule has 104 valence electrons. The lowest BCUT2D eigenvalue weighted by molar-refractivity contribution is 0.0911. The first-order valence-corrected chi connectivity index (χ1v) is 6.81. The molecule has 3 nitrogen and oxygen atoms in total. The predicted octanol–water partition coefficient (Wildman–Crippen LogP) is 3.82. The van der Waals surface area contributed by atoms with Crippen LogP contribution in [0.4, 0.5) is 4.39 Å². The molecule has 1 aliphatic carbocycles. The summed E-state index contributed by atoms with van der Waals surface area (Å²) >= 11 is 5.70. The average Bonchev–Trinajstić information content (AvgIpc) is 2.75. The summed E-state index contributed by atoms with van der Waals surface area (Å²) in [4.78, 5) is 12.1. The summed E-state index contributed by atoms with van der Waals surface area (Å²) in [6.45, 7) is 4.10. The zero-order chi connectivity index (χ0) is 14.5. The van der Waals surface area contributed by atoms with Crippen molar-refractivity contribution in [3.63, 3.8) is 0 Å². The molecule has 5 heteroatoms. The SMILES string of the molecule is CC1(C)CC(=O)c2cnn(-c3ccc(Cl)c(F)c3)c2C1. The van der Waals surface area contributed by atoms with Gasteiger partial charge in [0.1, 0.15) is 5.82 Å². The van der Waals surface area contributed by atoms with E-state index >= 15 is 0 Å². The maximum absolute atomic E-state index is 13.6. The summed E-state index contributed by atoms with van der Waals surface area (Å²) in [6.07, 6.45) is 2.82. The molecule has 20 heavy (non-hydrogen) atoms. The van der Waals surface area contributed by atoms with Crippen molar-refractivity contribution >= 4 is 17.4 Å². The van der Waals surface area contributed by atoms with Gasteiger partial charge in [0.05, 0.1) is 28.2 Å². The van der Waals surface area contributed by atoms with Crippen molar-refractivity contribution in [2.45, 2.75) is 26.7 Å². The maximum Gasteiger partial charge on any atom is 0.166 e. The third-order valence-corrected chi connectivity index (χ3v) is 3.91. The second-order valence-corrected chi connectivity index (χ2v) is 6.36. The fourth-order valence-electron chi connectivity index (χ4n) is 2.66. The normalized spacial score (nSPS) is 17.1. The van der Waals surface area contributed by atoms with Crippen LogP contribution in [-0.4, -0.2) is 15.6 Å². The van der Waals surface area contributed by atoms with Gasteiger partial charge in [-0.05, 0) is 24.0 Å². The molecule has 1 aromatic carbocycles. The Hall–Kier alpha value is -1.68. The van der Waals surface area contributed by atoms with Gasteiger partial charge in [0, 0.05) is 12.5 Å². The van der Waals surface area contributed by atoms with Crippen molar-refractivity contribution in [2.75, 3.05) is 0 Å². The molecular weight excluding hydrogens is 279 g/mol. The van der Waals surface area contributed by atoms with Crippen LogP contribution in [0.2, 0.25) is 5.02 Å². The van der Waals surface area contributed by atoms with E-state index in [-0.39, 0.29) is 16.2 Å². The first-order valence-electron chi connectivity index (χ1n) is 6.43. The van der Waals surface area contributed by atoms with Gasteiger partial charge in [-0.2, -0.15) is 5.10 Å². The number of rotatable bonds is 1. The van der Waals surface area contributed by atoms with Crippen LogP contribution in [0.1, 0.15) is 36.3 Å². The number of Topliss-reactive ketones (excluding diaryl/α,β-unsaturated/α-hetero) is 1. The van der Waals surface area contributed by atoms with Crippen molar-refractivity contribution in [1.82, 2.24) is 9.78 Å². The minimum atomic E-state index is -0.491. The predicted molar refractivity (Wildman–Crippen MR) is 75.0 cm³/mol. The van der Waals surface area contributed by atoms with Crippen LogP contribution >= 0.6 is 11.6 Å². The molecule has 0 fully saturated rings. The van der Waals surface area contributed by atoms with E-state index in [1.807, 2.05) is 13.8 Å². The number of hydrogen-bond donors (Lipinski definition) is 0. The summed E-state index contributed by atoms with van der Waals surface area (Å²) in [5.74, 6) is -0.397. The fourth-order valence-corrected chi connectivity index (χ4v) is 2.78. The van der Waals surface area contributed by atoms with Gasteiger partial charge in [-0.3, -0.25) is 4.79 Å². The smallest absolute Gasteiger partial charge is 0.166 e. The van der Waals surface area contributed by atoms with Gasteiger partial charge in [-0.1, -0.05) is 25.4 Å². The molecule has 3 rings (SSSR count). The van der Waals surface area contributed by atoms with E-state index in [1.54, 1.807) is 16.9 Å². The van der Waals surface area contributed by atoms with Gasteiger partial charge in [-0.15, -0.1) is 0 Å². The van der Waals surface area contributed by atoms with Gasteiger partial charge in [0.15, 0.2) is 5.78 Å². The van der Waals surface area contributed by atoms with Crippen LogP contribution in [0.5, 0.6) is 0 Å². The second kappa shape index (κ2) is 4.42. The molecule has 1 aromatic heterocycles. The second-order valence-electron chi connectivity index (χ2n) is 5.96. The van der Waals surface area contributed by atoms with Gasteiger partial charge in [0.2, 0.25) is 0 Å². The van der Waals surface area contributed by atoms with Crippen molar-refractivity contribution in [1.29, 1.82) is 0 Å². The summed E-state index contributed by atoms with van der Waals surface area (Å²) < 4.78 is 15.2. The molecule has 0 radical (unpaired) electrons. The van der Waals surface area contributed by atoms with Crippen LogP contribution in [0, 0.1) is 11.2 Å². The number of nitrogens with zero attached hydrogens (tertiary/aromatic N) is 2. The molecule has 0 atom stereocenters. The van der Waals surface area contributed by atoms with E-state index in [0.29, 0.717) is 17.7 Å². The number of carbonyl (C=O) groups excluding carboxylic acids is 1. The highest BCUT2D eigenvalue weighted by molar-refractivity contribution is 6.30. The summed E-state index contributed by atoms with van der Waals surface area (Å²) in [6, 6.07) is 4.53. The largest absolute Gasteiger partial charge is 0.294 e. The molecule has 1 heterocycles. The Morgan fingerprint density at radius 1 is 1.35 bits per heavy atom. The third kappa shape index (κ3) is 2.14. The zero-order valence-corrected chi connectivity index (χ0v) is 12.0. The van der Waals surface area contributed by atoms with Crippen molar-refractivity contribution in [3.05, 3.63) is 46.5 Å². The molecule has 0 bridgehead atoms. The molecule has 0 saturated carbocycles. The highest BCUT2D eigenvalue weighted by Crippen LogP contribution is 2.35. The minimum absolute atomic E-state index is 0.0752. The number of ketones is 1. The van der Waals surface area contributed by atoms with E-state index < -0.39 is 5.82 Å². The topological polar surface area (TPSA) is 34.9 Å². The fraction of sp³-hybridized carbons (Fsp3) is 0.333. The highest BCUT2D eigenvalue weighted by Gasteiger charge is 2.34. The van der Waals surface area contributed by atoms with Crippen LogP contribution in [0.25, 0.3) is 5.69 Å². The summed E-state index contributed by atoms with van der Waals surface area (Å²) in [5, 5.41) is 4.32. The van der Waals surface area contributed by atoms with Gasteiger partial charge in [0.25, 0.3) is 0 Å². The van der Waals surface area contributed by atoms with Crippen molar-refractivity contribution in [3.8, 4) is 5.69 Å². The highest BCUT2D eigenvalue weighted by atomic mass is 35.5. The number of aromatic nitrogens is 2. The first-order chi connectivity index (χ1) is 9.37. The molecule has 0 saturated heterocycles. The maximum atomic E-state index is 13.6. The number of benzene rings is 1. The average molecular weight is 293 g/mol. The number of carbonyl (C=O) groups is 1. The number of fused-ring (bicyclic) bond motifs is 1. The third-order valence-electron chi connectivity index (χ3n) is 3.60. The van der Waals surface area contributed by atoms with E-state index in [0.717, 1.165) is 12.1 Å². The van der Waals surface area contributed by atoms with Gasteiger partial charge in [-0.25, -0.2) is 9.07 Å². The van der Waals surface area contributed by atoms with Gasteiger partial charge < -0.3 is 0 Å². The Labute approximate surface area is 121 Å². The van der Waals surface area contributed by atoms with Crippen LogP contribution < -0.4 is 0 Å². The minimum Gasteiger partial charge on any atom is -0.294 e. The van der Waals surface area contributed by atoms with Crippen LogP contribution in [-0.2, 0) is 6.42 Å². The summed E-state index contributed by atoms with van der Waals surface area (Å²) in [5.41, 5.74) is 1.96. The Kier molecular flexibility index (Phi) is 2.94. The first kappa shape index (κ1) is 13.3. The molecular formula is C15H14ClFN2O. The lowest BCUT2D eigenvalue weighted by Crippen LogP contribution is -2.27. The molecule has 0 amide bonds. The van der Waals surface area contributed by atoms with E-state index in [9.17, 15) is 9.18 Å². The Bertz CT molecular complexity index is 706. The Morgan fingerprint density at radius 2 is 2.10 bits per heavy atom. The molecule has 0 N–H and O–H groups in total. The van der Waals surface area contributed by atoms with E-state index in [4.69, 9.17) is 11.6 Å². The quantitative estimate of drug-likeness (QED) is 0.801. The molecule has 0 unspecified atom stereocenters. The zero-order valence-electron chi connectivity index (χ0n) is 11.3. The van der Waals surface area contributed by atoms with Crippen molar-refractivity contribution < 1.29 is 9.18 Å². The molecule has 2 aromatic rings. The Morgan fingerprint density at radius 3 is 2.80 bits per heavy atom. The molecule has 1 aliphatic rings. The van der Waals surface area contributed by atoms with Gasteiger partial charge >= 0.3 is 0 Å².